The number of hydrogen-bond acceptors (Lipinski definition) is 7. The number of piperazine rings is 1. The predicted molar refractivity (Wildman–Crippen MR) is 127 cm³/mol. The lowest BCUT2D eigenvalue weighted by Crippen LogP contribution is -2.50. The number of nitrogens with one attached hydrogen (secondary N) is 1. The molecule has 4 heterocycles. The Kier molecular flexibility index (Phi) is 6.22. The molecule has 7 nitrogen and oxygen atoms in total. The van der Waals surface area contributed by atoms with Crippen molar-refractivity contribution in [1.29, 1.82) is 0 Å². The molecule has 2 aromatic heterocycles. The number of hydrogen-bond donors (Lipinski definition) is 2. The Labute approximate surface area is 197 Å². The van der Waals surface area contributed by atoms with Gasteiger partial charge in [-0.15, -0.1) is 0 Å². The Morgan fingerprint density at radius 3 is 2.76 bits per heavy atom. The molecular weight excluding hydrogens is 440 g/mol. The van der Waals surface area contributed by atoms with Crippen LogP contribution in [0.5, 0.6) is 11.6 Å². The molecule has 2 aliphatic heterocycles. The molecule has 2 aliphatic rings. The number of halogens is 2. The second kappa shape index (κ2) is 9.31. The standard InChI is InChI=1S/C25H29F2N5O2/c1-15-13-28-8-10-32(15)20-12-22(34-14-16-5-4-9-31(16)2)29-25-17(20)11-19(27)24(30-25)23-18(26)6-3-7-21(23)33/h3,6-7,11-12,15-16,28,33H,4-5,8-10,13-14H2,1-2H3/t15-,16+/m1/s1. The molecule has 1 aromatic carbocycles. The molecule has 0 radical (unpaired) electrons. The van der Waals surface area contributed by atoms with Crippen LogP contribution in [0.4, 0.5) is 14.5 Å². The summed E-state index contributed by atoms with van der Waals surface area (Å²) in [5.74, 6) is -1.45. The molecule has 34 heavy (non-hydrogen) atoms. The zero-order valence-corrected chi connectivity index (χ0v) is 19.4. The molecule has 2 fully saturated rings. The van der Waals surface area contributed by atoms with Crippen LogP contribution in [0, 0.1) is 11.6 Å². The van der Waals surface area contributed by atoms with Gasteiger partial charge in [-0.3, -0.25) is 0 Å². The summed E-state index contributed by atoms with van der Waals surface area (Å²) in [7, 11) is 2.08. The van der Waals surface area contributed by atoms with Crippen molar-refractivity contribution in [2.75, 3.05) is 44.7 Å². The first-order chi connectivity index (χ1) is 16.4. The van der Waals surface area contributed by atoms with Crippen LogP contribution in [0.3, 0.4) is 0 Å². The van der Waals surface area contributed by atoms with Crippen LogP contribution in [-0.4, -0.2) is 71.9 Å². The van der Waals surface area contributed by atoms with Crippen LogP contribution in [0.15, 0.2) is 30.3 Å². The van der Waals surface area contributed by atoms with E-state index in [1.165, 1.54) is 24.3 Å². The minimum atomic E-state index is -0.752. The van der Waals surface area contributed by atoms with Gasteiger partial charge in [-0.1, -0.05) is 6.07 Å². The number of anilines is 1. The first-order valence-electron chi connectivity index (χ1n) is 11.7. The van der Waals surface area contributed by atoms with Crippen LogP contribution in [0.25, 0.3) is 22.3 Å². The minimum absolute atomic E-state index is 0.173. The van der Waals surface area contributed by atoms with E-state index < -0.39 is 11.6 Å². The van der Waals surface area contributed by atoms with Gasteiger partial charge >= 0.3 is 0 Å². The van der Waals surface area contributed by atoms with E-state index in [1.807, 2.05) is 6.07 Å². The lowest BCUT2D eigenvalue weighted by molar-refractivity contribution is 0.193. The first-order valence-corrected chi connectivity index (χ1v) is 11.7. The molecule has 2 saturated heterocycles. The quantitative estimate of drug-likeness (QED) is 0.592. The summed E-state index contributed by atoms with van der Waals surface area (Å²) in [6.45, 7) is 5.97. The molecule has 0 bridgehead atoms. The maximum atomic E-state index is 15.3. The average molecular weight is 470 g/mol. The fourth-order valence-electron chi connectivity index (χ4n) is 4.89. The smallest absolute Gasteiger partial charge is 0.217 e. The van der Waals surface area contributed by atoms with E-state index in [1.54, 1.807) is 0 Å². The molecule has 3 aromatic rings. The van der Waals surface area contributed by atoms with Crippen molar-refractivity contribution in [2.24, 2.45) is 0 Å². The molecular formula is C25H29F2N5O2. The molecule has 5 rings (SSSR count). The fourth-order valence-corrected chi connectivity index (χ4v) is 4.89. The van der Waals surface area contributed by atoms with E-state index in [2.05, 4.69) is 39.1 Å². The molecule has 2 N–H and O–H groups in total. The maximum absolute atomic E-state index is 15.3. The van der Waals surface area contributed by atoms with Gasteiger partial charge in [-0.25, -0.2) is 13.8 Å². The number of ether oxygens (including phenoxy) is 1. The second-order valence-electron chi connectivity index (χ2n) is 9.14. The van der Waals surface area contributed by atoms with Crippen molar-refractivity contribution in [2.45, 2.75) is 31.8 Å². The van der Waals surface area contributed by atoms with Crippen LogP contribution in [0.2, 0.25) is 0 Å². The number of benzene rings is 1. The zero-order chi connectivity index (χ0) is 23.8. The highest BCUT2D eigenvalue weighted by molar-refractivity contribution is 5.92. The molecule has 180 valence electrons. The van der Waals surface area contributed by atoms with Crippen LogP contribution >= 0.6 is 0 Å². The molecule has 0 aliphatic carbocycles. The molecule has 0 amide bonds. The van der Waals surface area contributed by atoms with E-state index in [0.29, 0.717) is 23.9 Å². The van der Waals surface area contributed by atoms with Gasteiger partial charge in [0.1, 0.15) is 23.9 Å². The number of aromatic hydroxyl groups is 1. The lowest BCUT2D eigenvalue weighted by Gasteiger charge is -2.36. The SMILES string of the molecule is C[C@@H]1CNCCN1c1cc(OC[C@@H]2CCCN2C)nc2nc(-c3c(O)cccc3F)c(F)cc12. The zero-order valence-electron chi connectivity index (χ0n) is 19.4. The molecule has 2 atom stereocenters. The van der Waals surface area contributed by atoms with Gasteiger partial charge in [-0.2, -0.15) is 4.98 Å². The van der Waals surface area contributed by atoms with E-state index in [-0.39, 0.29) is 28.7 Å². The van der Waals surface area contributed by atoms with Gasteiger partial charge in [0.25, 0.3) is 0 Å². The van der Waals surface area contributed by atoms with Gasteiger partial charge in [-0.05, 0) is 51.6 Å². The van der Waals surface area contributed by atoms with E-state index in [9.17, 15) is 9.50 Å². The summed E-state index contributed by atoms with van der Waals surface area (Å²) in [4.78, 5) is 13.4. The number of fused-ring (bicyclic) bond motifs is 1. The number of likely N-dealkylation sites (tertiary alicyclic amines) is 1. The number of nitrogens with zero attached hydrogens (tertiary/aromatic N) is 4. The minimum Gasteiger partial charge on any atom is -0.507 e. The van der Waals surface area contributed by atoms with Crippen molar-refractivity contribution in [3.63, 3.8) is 0 Å². The number of phenolic OH excluding ortho intramolecular Hbond substituents is 1. The van der Waals surface area contributed by atoms with Gasteiger partial charge in [0, 0.05) is 43.2 Å². The Morgan fingerprint density at radius 2 is 2.03 bits per heavy atom. The summed E-state index contributed by atoms with van der Waals surface area (Å²) in [6.07, 6.45) is 2.20. The van der Waals surface area contributed by atoms with E-state index >= 15 is 4.39 Å². The van der Waals surface area contributed by atoms with Crippen LogP contribution in [-0.2, 0) is 0 Å². The predicted octanol–water partition coefficient (Wildman–Crippen LogP) is 3.55. The number of phenols is 1. The summed E-state index contributed by atoms with van der Waals surface area (Å²) < 4.78 is 35.9. The Balaban J connectivity index is 1.61. The third kappa shape index (κ3) is 4.25. The number of aromatic nitrogens is 2. The molecule has 9 heteroatoms. The van der Waals surface area contributed by atoms with E-state index in [4.69, 9.17) is 4.74 Å². The highest BCUT2D eigenvalue weighted by Gasteiger charge is 2.26. The fraction of sp³-hybridized carbons (Fsp3) is 0.440. The van der Waals surface area contributed by atoms with Crippen molar-refractivity contribution in [1.82, 2.24) is 20.2 Å². The van der Waals surface area contributed by atoms with Crippen LogP contribution < -0.4 is 15.0 Å². The van der Waals surface area contributed by atoms with Crippen molar-refractivity contribution >= 4 is 16.7 Å². The van der Waals surface area contributed by atoms with Crippen molar-refractivity contribution in [3.05, 3.63) is 42.0 Å². The highest BCUT2D eigenvalue weighted by atomic mass is 19.1. The van der Waals surface area contributed by atoms with Crippen molar-refractivity contribution < 1.29 is 18.6 Å². The lowest BCUT2D eigenvalue weighted by atomic mass is 10.1. The summed E-state index contributed by atoms with van der Waals surface area (Å²) in [6, 6.07) is 7.50. The maximum Gasteiger partial charge on any atom is 0.217 e. The summed E-state index contributed by atoms with van der Waals surface area (Å²) in [5, 5.41) is 14.1. The van der Waals surface area contributed by atoms with Gasteiger partial charge in [0.05, 0.1) is 11.3 Å². The number of likely N-dealkylation sites (N-methyl/N-ethyl adjacent to an activating group) is 1. The molecule has 0 spiro atoms. The topological polar surface area (TPSA) is 73.8 Å². The Morgan fingerprint density at radius 1 is 1.18 bits per heavy atom. The van der Waals surface area contributed by atoms with Gasteiger partial charge < -0.3 is 25.0 Å². The molecule has 0 saturated carbocycles. The largest absolute Gasteiger partial charge is 0.507 e. The summed E-state index contributed by atoms with van der Waals surface area (Å²) in [5.41, 5.74) is 0.476. The average Bonchev–Trinajstić information content (AvgIpc) is 3.22. The number of rotatable bonds is 5. The van der Waals surface area contributed by atoms with E-state index in [0.717, 1.165) is 44.7 Å². The third-order valence-corrected chi connectivity index (χ3v) is 6.84. The monoisotopic (exact) mass is 469 g/mol. The Bertz CT molecular complexity index is 1190. The van der Waals surface area contributed by atoms with Gasteiger partial charge in [0.2, 0.25) is 5.88 Å². The second-order valence-corrected chi connectivity index (χ2v) is 9.14. The van der Waals surface area contributed by atoms with Gasteiger partial charge in [0.15, 0.2) is 11.5 Å². The Hall–Kier alpha value is -3.04. The van der Waals surface area contributed by atoms with Crippen molar-refractivity contribution in [3.8, 4) is 22.9 Å². The van der Waals surface area contributed by atoms with Crippen LogP contribution in [0.1, 0.15) is 19.8 Å². The third-order valence-electron chi connectivity index (χ3n) is 6.84. The highest BCUT2D eigenvalue weighted by Crippen LogP contribution is 2.37. The first kappa shape index (κ1) is 22.7. The normalized spacial score (nSPS) is 21.4. The molecule has 0 unspecified atom stereocenters. The number of pyridine rings is 2. The summed E-state index contributed by atoms with van der Waals surface area (Å²) >= 11 is 0.